The third-order valence-corrected chi connectivity index (χ3v) is 4.55. The van der Waals surface area contributed by atoms with Crippen LogP contribution in [0.3, 0.4) is 0 Å². The van der Waals surface area contributed by atoms with E-state index in [1.807, 2.05) is 63.2 Å². The first-order valence-corrected chi connectivity index (χ1v) is 8.63. The number of hydrogen-bond donors (Lipinski definition) is 3. The Morgan fingerprint density at radius 3 is 2.69 bits per heavy atom. The van der Waals surface area contributed by atoms with E-state index in [0.29, 0.717) is 17.7 Å². The van der Waals surface area contributed by atoms with Gasteiger partial charge in [-0.2, -0.15) is 0 Å². The van der Waals surface area contributed by atoms with E-state index in [2.05, 4.69) is 15.6 Å². The SMILES string of the molecule is Cc1[nH]c(/C=C2\C(=O)Nc3ccccc32)c(C)c1C(=O)NCCN(C)C. The van der Waals surface area contributed by atoms with Crippen molar-refractivity contribution in [2.75, 3.05) is 32.5 Å². The number of H-pyrrole nitrogens is 1. The van der Waals surface area contributed by atoms with Gasteiger partial charge in [0.2, 0.25) is 0 Å². The van der Waals surface area contributed by atoms with Gasteiger partial charge in [-0.05, 0) is 45.6 Å². The maximum absolute atomic E-state index is 12.5. The average Bonchev–Trinajstić information content (AvgIpc) is 3.04. The van der Waals surface area contributed by atoms with Gasteiger partial charge in [0.15, 0.2) is 0 Å². The van der Waals surface area contributed by atoms with Gasteiger partial charge in [-0.25, -0.2) is 0 Å². The van der Waals surface area contributed by atoms with Gasteiger partial charge >= 0.3 is 0 Å². The molecule has 2 amide bonds. The zero-order valence-electron chi connectivity index (χ0n) is 15.6. The molecule has 1 aromatic carbocycles. The molecule has 26 heavy (non-hydrogen) atoms. The Hall–Kier alpha value is -2.86. The number of likely N-dealkylation sites (N-methyl/N-ethyl adjacent to an activating group) is 1. The van der Waals surface area contributed by atoms with Crippen molar-refractivity contribution in [3.05, 3.63) is 52.3 Å². The molecule has 0 radical (unpaired) electrons. The Kier molecular flexibility index (Phi) is 4.95. The van der Waals surface area contributed by atoms with Crippen LogP contribution in [0.2, 0.25) is 0 Å². The number of amides is 2. The molecule has 2 aromatic rings. The lowest BCUT2D eigenvalue weighted by Crippen LogP contribution is -2.31. The van der Waals surface area contributed by atoms with Crippen molar-refractivity contribution in [3.8, 4) is 0 Å². The summed E-state index contributed by atoms with van der Waals surface area (Å²) in [5.74, 6) is -0.228. The molecule has 0 saturated heterocycles. The van der Waals surface area contributed by atoms with Crippen LogP contribution in [0.4, 0.5) is 5.69 Å². The monoisotopic (exact) mass is 352 g/mol. The minimum atomic E-state index is -0.130. The van der Waals surface area contributed by atoms with Gasteiger partial charge in [0.25, 0.3) is 11.8 Å². The molecule has 0 aliphatic carbocycles. The number of benzene rings is 1. The average molecular weight is 352 g/mol. The highest BCUT2D eigenvalue weighted by Gasteiger charge is 2.25. The third-order valence-electron chi connectivity index (χ3n) is 4.55. The van der Waals surface area contributed by atoms with E-state index in [0.717, 1.165) is 34.7 Å². The molecule has 0 fully saturated rings. The van der Waals surface area contributed by atoms with E-state index in [4.69, 9.17) is 0 Å². The molecular formula is C20H24N4O2. The minimum Gasteiger partial charge on any atom is -0.358 e. The van der Waals surface area contributed by atoms with Gasteiger partial charge in [-0.3, -0.25) is 9.59 Å². The molecule has 0 unspecified atom stereocenters. The second-order valence-corrected chi connectivity index (χ2v) is 6.78. The molecule has 0 bridgehead atoms. The molecule has 1 aromatic heterocycles. The van der Waals surface area contributed by atoms with Crippen molar-refractivity contribution in [1.29, 1.82) is 0 Å². The lowest BCUT2D eigenvalue weighted by molar-refractivity contribution is -0.110. The molecular weight excluding hydrogens is 328 g/mol. The van der Waals surface area contributed by atoms with Crippen LogP contribution in [-0.2, 0) is 4.79 Å². The Balaban J connectivity index is 1.89. The highest BCUT2D eigenvalue weighted by molar-refractivity contribution is 6.34. The van der Waals surface area contributed by atoms with E-state index in [-0.39, 0.29) is 11.8 Å². The fourth-order valence-electron chi connectivity index (χ4n) is 3.17. The van der Waals surface area contributed by atoms with Gasteiger partial charge < -0.3 is 20.5 Å². The van der Waals surface area contributed by atoms with Crippen molar-refractivity contribution >= 4 is 29.2 Å². The smallest absolute Gasteiger partial charge is 0.256 e. The number of anilines is 1. The molecule has 1 aliphatic heterocycles. The van der Waals surface area contributed by atoms with Crippen molar-refractivity contribution in [2.24, 2.45) is 0 Å². The van der Waals surface area contributed by atoms with Gasteiger partial charge in [-0.15, -0.1) is 0 Å². The highest BCUT2D eigenvalue weighted by Crippen LogP contribution is 2.33. The summed E-state index contributed by atoms with van der Waals surface area (Å²) >= 11 is 0. The number of aromatic amines is 1. The fraction of sp³-hybridized carbons (Fsp3) is 0.300. The summed E-state index contributed by atoms with van der Waals surface area (Å²) in [6.07, 6.45) is 1.82. The van der Waals surface area contributed by atoms with Crippen LogP contribution in [0, 0.1) is 13.8 Å². The molecule has 3 N–H and O–H groups in total. The molecule has 6 nitrogen and oxygen atoms in total. The quantitative estimate of drug-likeness (QED) is 0.723. The van der Waals surface area contributed by atoms with Crippen LogP contribution < -0.4 is 10.6 Å². The van der Waals surface area contributed by atoms with Gasteiger partial charge in [0.05, 0.1) is 11.1 Å². The lowest BCUT2D eigenvalue weighted by Gasteiger charge is -2.10. The fourth-order valence-corrected chi connectivity index (χ4v) is 3.17. The topological polar surface area (TPSA) is 77.2 Å². The molecule has 3 rings (SSSR count). The predicted molar refractivity (Wildman–Crippen MR) is 104 cm³/mol. The molecule has 136 valence electrons. The number of carbonyl (C=O) groups excluding carboxylic acids is 2. The van der Waals surface area contributed by atoms with Crippen molar-refractivity contribution < 1.29 is 9.59 Å². The number of fused-ring (bicyclic) bond motifs is 1. The van der Waals surface area contributed by atoms with Crippen LogP contribution in [0.15, 0.2) is 24.3 Å². The van der Waals surface area contributed by atoms with E-state index in [1.165, 1.54) is 0 Å². The third kappa shape index (κ3) is 3.41. The molecule has 2 heterocycles. The van der Waals surface area contributed by atoms with Gasteiger partial charge in [0.1, 0.15) is 0 Å². The zero-order chi connectivity index (χ0) is 18.8. The standard InChI is InChI=1S/C20H24N4O2/c1-12-17(11-15-14-7-5-6-8-16(14)23-19(15)25)22-13(2)18(12)20(26)21-9-10-24(3)4/h5-8,11,22H,9-10H2,1-4H3,(H,21,26)(H,23,25)/b15-11-. The number of aromatic nitrogens is 1. The van der Waals surface area contributed by atoms with Crippen LogP contribution >= 0.6 is 0 Å². The number of hydrogen-bond acceptors (Lipinski definition) is 3. The van der Waals surface area contributed by atoms with Crippen LogP contribution in [0.5, 0.6) is 0 Å². The van der Waals surface area contributed by atoms with Crippen molar-refractivity contribution in [1.82, 2.24) is 15.2 Å². The Morgan fingerprint density at radius 1 is 1.23 bits per heavy atom. The second kappa shape index (κ2) is 7.17. The van der Waals surface area contributed by atoms with Gasteiger partial charge in [-0.1, -0.05) is 18.2 Å². The highest BCUT2D eigenvalue weighted by atomic mass is 16.2. The Morgan fingerprint density at radius 2 is 1.96 bits per heavy atom. The summed E-state index contributed by atoms with van der Waals surface area (Å²) in [6.45, 7) is 5.14. The van der Waals surface area contributed by atoms with Crippen molar-refractivity contribution in [3.63, 3.8) is 0 Å². The summed E-state index contributed by atoms with van der Waals surface area (Å²) in [4.78, 5) is 30.1. The van der Waals surface area contributed by atoms with E-state index >= 15 is 0 Å². The summed E-state index contributed by atoms with van der Waals surface area (Å²) in [5, 5.41) is 5.81. The zero-order valence-corrected chi connectivity index (χ0v) is 15.6. The first-order chi connectivity index (χ1) is 12.4. The number of para-hydroxylation sites is 1. The summed E-state index contributed by atoms with van der Waals surface area (Å²) in [6, 6.07) is 7.59. The van der Waals surface area contributed by atoms with Crippen LogP contribution in [0.1, 0.15) is 32.9 Å². The number of aryl methyl sites for hydroxylation is 1. The Labute approximate surface area is 153 Å². The number of rotatable bonds is 5. The van der Waals surface area contributed by atoms with Crippen molar-refractivity contribution in [2.45, 2.75) is 13.8 Å². The predicted octanol–water partition coefficient (Wildman–Crippen LogP) is 2.42. The first-order valence-electron chi connectivity index (χ1n) is 8.63. The lowest BCUT2D eigenvalue weighted by atomic mass is 10.0. The number of carbonyl (C=O) groups is 2. The molecule has 0 saturated carbocycles. The molecule has 0 atom stereocenters. The van der Waals surface area contributed by atoms with Crippen LogP contribution in [-0.4, -0.2) is 48.9 Å². The minimum absolute atomic E-state index is 0.0981. The second-order valence-electron chi connectivity index (χ2n) is 6.78. The summed E-state index contributed by atoms with van der Waals surface area (Å²) in [7, 11) is 3.93. The number of nitrogens with zero attached hydrogens (tertiary/aromatic N) is 1. The maximum Gasteiger partial charge on any atom is 0.256 e. The van der Waals surface area contributed by atoms with Gasteiger partial charge in [0, 0.05) is 35.7 Å². The maximum atomic E-state index is 12.5. The van der Waals surface area contributed by atoms with E-state index < -0.39 is 0 Å². The molecule has 0 spiro atoms. The summed E-state index contributed by atoms with van der Waals surface area (Å²) < 4.78 is 0. The molecule has 6 heteroatoms. The largest absolute Gasteiger partial charge is 0.358 e. The summed E-state index contributed by atoms with van der Waals surface area (Å²) in [5.41, 5.74) is 5.35. The normalized spacial score (nSPS) is 14.7. The van der Waals surface area contributed by atoms with E-state index in [1.54, 1.807) is 0 Å². The first kappa shape index (κ1) is 17.9. The van der Waals surface area contributed by atoms with E-state index in [9.17, 15) is 9.59 Å². The number of nitrogens with one attached hydrogen (secondary N) is 3. The molecule has 1 aliphatic rings. The van der Waals surface area contributed by atoms with Crippen LogP contribution in [0.25, 0.3) is 11.6 Å². The Bertz CT molecular complexity index is 893.